The minimum Gasteiger partial charge on any atom is -0.462 e. The Hall–Kier alpha value is -0.660. The van der Waals surface area contributed by atoms with Gasteiger partial charge in [0.2, 0.25) is 0 Å². The van der Waals surface area contributed by atoms with Crippen molar-refractivity contribution in [3.05, 3.63) is 0 Å². The van der Waals surface area contributed by atoms with E-state index in [9.17, 15) is 13.2 Å². The summed E-state index contributed by atoms with van der Waals surface area (Å²) >= 11 is 0. The maximum absolute atomic E-state index is 11.2. The number of rotatable bonds is 4. The Labute approximate surface area is 109 Å². The first-order valence-electron chi connectivity index (χ1n) is 6.15. The van der Waals surface area contributed by atoms with Gasteiger partial charge in [0.15, 0.2) is 0 Å². The maximum Gasteiger partial charge on any atom is 0.306 e. The summed E-state index contributed by atoms with van der Waals surface area (Å²) in [6.07, 6.45) is 7.92. The molecule has 6 nitrogen and oxygen atoms in total. The van der Waals surface area contributed by atoms with Crippen LogP contribution in [0.15, 0.2) is 0 Å². The van der Waals surface area contributed by atoms with Crippen LogP contribution >= 0.6 is 0 Å². The highest BCUT2D eigenvalue weighted by Crippen LogP contribution is 2.20. The predicted molar refractivity (Wildman–Crippen MR) is 68.7 cm³/mol. The number of nitrogens with two attached hydrogens (primary N) is 1. The molecule has 0 aliphatic heterocycles. The maximum atomic E-state index is 11.2. The van der Waals surface area contributed by atoms with Crippen molar-refractivity contribution in [2.24, 2.45) is 5.73 Å². The van der Waals surface area contributed by atoms with E-state index in [2.05, 4.69) is 0 Å². The van der Waals surface area contributed by atoms with E-state index in [4.69, 9.17) is 15.0 Å². The quantitative estimate of drug-likeness (QED) is 0.590. The molecule has 0 saturated heterocycles. The molecular formula is C11H23NO5S. The number of hydrogen-bond donors (Lipinski definition) is 2. The highest BCUT2D eigenvalue weighted by atomic mass is 32.2. The summed E-state index contributed by atoms with van der Waals surface area (Å²) in [4.78, 5) is 11.2. The van der Waals surface area contributed by atoms with E-state index < -0.39 is 10.1 Å². The van der Waals surface area contributed by atoms with E-state index in [1.165, 1.54) is 19.3 Å². The molecular weight excluding hydrogens is 258 g/mol. The minimum absolute atomic E-state index is 0.0719. The molecule has 7 heteroatoms. The largest absolute Gasteiger partial charge is 0.462 e. The zero-order valence-corrected chi connectivity index (χ0v) is 11.6. The molecule has 0 heterocycles. The standard InChI is InChI=1S/C10H19NO2.CH4O3S/c11-8-4-7-10(12)13-9-5-2-1-3-6-9;1-5(2,3)4/h9H,1-8,11H2;1H3,(H,2,3,4). The molecule has 1 aliphatic carbocycles. The van der Waals surface area contributed by atoms with Crippen LogP contribution in [-0.4, -0.2) is 37.8 Å². The van der Waals surface area contributed by atoms with Crippen LogP contribution in [0.4, 0.5) is 0 Å². The molecule has 0 radical (unpaired) electrons. The third kappa shape index (κ3) is 13.4. The molecule has 0 bridgehead atoms. The van der Waals surface area contributed by atoms with Gasteiger partial charge in [0.1, 0.15) is 6.10 Å². The van der Waals surface area contributed by atoms with Crippen LogP contribution in [0.3, 0.4) is 0 Å². The van der Waals surface area contributed by atoms with E-state index in [1.54, 1.807) is 0 Å². The molecule has 3 N–H and O–H groups in total. The van der Waals surface area contributed by atoms with E-state index in [0.717, 1.165) is 19.3 Å². The molecule has 108 valence electrons. The molecule has 0 unspecified atom stereocenters. The Morgan fingerprint density at radius 3 is 2.28 bits per heavy atom. The van der Waals surface area contributed by atoms with Crippen LogP contribution in [0.25, 0.3) is 0 Å². The Morgan fingerprint density at radius 2 is 1.83 bits per heavy atom. The lowest BCUT2D eigenvalue weighted by Gasteiger charge is -2.21. The van der Waals surface area contributed by atoms with Crippen molar-refractivity contribution in [1.29, 1.82) is 0 Å². The molecule has 0 amide bonds. The van der Waals surface area contributed by atoms with Gasteiger partial charge in [0.05, 0.1) is 6.26 Å². The van der Waals surface area contributed by atoms with E-state index in [1.807, 2.05) is 0 Å². The molecule has 1 fully saturated rings. The van der Waals surface area contributed by atoms with E-state index >= 15 is 0 Å². The summed E-state index contributed by atoms with van der Waals surface area (Å²) in [5.41, 5.74) is 5.30. The first kappa shape index (κ1) is 17.3. The van der Waals surface area contributed by atoms with Crippen LogP contribution in [-0.2, 0) is 19.6 Å². The number of carbonyl (C=O) groups excluding carboxylic acids is 1. The molecule has 0 aromatic heterocycles. The van der Waals surface area contributed by atoms with Crippen LogP contribution in [0.2, 0.25) is 0 Å². The van der Waals surface area contributed by atoms with Gasteiger partial charge in [0.25, 0.3) is 10.1 Å². The Kier molecular flexibility index (Phi) is 8.95. The highest BCUT2D eigenvalue weighted by Gasteiger charge is 2.16. The van der Waals surface area contributed by atoms with Crippen molar-refractivity contribution in [3.63, 3.8) is 0 Å². The lowest BCUT2D eigenvalue weighted by molar-refractivity contribution is -0.150. The zero-order chi connectivity index (χ0) is 14.0. The minimum atomic E-state index is -3.67. The van der Waals surface area contributed by atoms with Gasteiger partial charge >= 0.3 is 5.97 Å². The van der Waals surface area contributed by atoms with Crippen molar-refractivity contribution in [3.8, 4) is 0 Å². The van der Waals surface area contributed by atoms with E-state index in [-0.39, 0.29) is 12.1 Å². The Balaban J connectivity index is 0.000000494. The fraction of sp³-hybridized carbons (Fsp3) is 0.909. The van der Waals surface area contributed by atoms with Crippen molar-refractivity contribution in [2.75, 3.05) is 12.8 Å². The third-order valence-corrected chi connectivity index (χ3v) is 2.44. The third-order valence-electron chi connectivity index (χ3n) is 2.44. The van der Waals surface area contributed by atoms with Crippen molar-refractivity contribution >= 4 is 16.1 Å². The summed E-state index contributed by atoms with van der Waals surface area (Å²) in [7, 11) is -3.67. The molecule has 0 aromatic rings. The second kappa shape index (κ2) is 9.29. The van der Waals surface area contributed by atoms with E-state index in [0.29, 0.717) is 19.2 Å². The normalized spacial score (nSPS) is 16.6. The van der Waals surface area contributed by atoms with Crippen LogP contribution < -0.4 is 5.73 Å². The van der Waals surface area contributed by atoms with Crippen LogP contribution in [0.1, 0.15) is 44.9 Å². The number of hydrogen-bond acceptors (Lipinski definition) is 5. The summed E-state index contributed by atoms with van der Waals surface area (Å²) in [6, 6.07) is 0. The molecule has 1 rings (SSSR count). The highest BCUT2D eigenvalue weighted by molar-refractivity contribution is 7.85. The summed E-state index contributed by atoms with van der Waals surface area (Å²) in [5, 5.41) is 0. The van der Waals surface area contributed by atoms with Gasteiger partial charge in [-0.15, -0.1) is 0 Å². The Morgan fingerprint density at radius 1 is 1.33 bits per heavy atom. The zero-order valence-electron chi connectivity index (χ0n) is 10.8. The van der Waals surface area contributed by atoms with Gasteiger partial charge in [-0.05, 0) is 38.6 Å². The second-order valence-corrected chi connectivity index (χ2v) is 5.84. The SMILES string of the molecule is CS(=O)(=O)O.NCCCC(=O)OC1CCCCC1. The molecule has 18 heavy (non-hydrogen) atoms. The summed E-state index contributed by atoms with van der Waals surface area (Å²) in [6.45, 7) is 0.569. The molecule has 0 aromatic carbocycles. The van der Waals surface area contributed by atoms with Gasteiger partial charge in [-0.1, -0.05) is 6.42 Å². The van der Waals surface area contributed by atoms with Crippen molar-refractivity contribution in [1.82, 2.24) is 0 Å². The number of carbonyl (C=O) groups is 1. The van der Waals surface area contributed by atoms with Gasteiger partial charge in [-0.25, -0.2) is 0 Å². The smallest absolute Gasteiger partial charge is 0.306 e. The molecule has 0 spiro atoms. The van der Waals surface area contributed by atoms with Crippen LogP contribution in [0, 0.1) is 0 Å². The topological polar surface area (TPSA) is 107 Å². The van der Waals surface area contributed by atoms with Gasteiger partial charge in [-0.3, -0.25) is 9.35 Å². The Bertz CT molecular complexity index is 314. The van der Waals surface area contributed by atoms with Crippen molar-refractivity contribution < 1.29 is 22.5 Å². The van der Waals surface area contributed by atoms with Gasteiger partial charge < -0.3 is 10.5 Å². The fourth-order valence-corrected chi connectivity index (χ4v) is 1.67. The molecule has 1 aliphatic rings. The predicted octanol–water partition coefficient (Wildman–Crippen LogP) is 1.11. The second-order valence-electron chi connectivity index (χ2n) is 4.38. The van der Waals surface area contributed by atoms with Gasteiger partial charge in [0, 0.05) is 6.42 Å². The first-order chi connectivity index (χ1) is 8.33. The summed E-state index contributed by atoms with van der Waals surface area (Å²) in [5.74, 6) is -0.0719. The van der Waals surface area contributed by atoms with Crippen molar-refractivity contribution in [2.45, 2.75) is 51.0 Å². The van der Waals surface area contributed by atoms with Gasteiger partial charge in [-0.2, -0.15) is 8.42 Å². The summed E-state index contributed by atoms with van der Waals surface area (Å²) < 4.78 is 31.2. The fourth-order valence-electron chi connectivity index (χ4n) is 1.67. The average molecular weight is 281 g/mol. The monoisotopic (exact) mass is 281 g/mol. The molecule has 0 atom stereocenters. The molecule has 1 saturated carbocycles. The first-order valence-corrected chi connectivity index (χ1v) is 7.99. The number of ether oxygens (including phenoxy) is 1. The average Bonchev–Trinajstić information content (AvgIpc) is 2.25. The van der Waals surface area contributed by atoms with Crippen LogP contribution in [0.5, 0.6) is 0 Å². The lowest BCUT2D eigenvalue weighted by Crippen LogP contribution is -2.21. The number of esters is 1. The lowest BCUT2D eigenvalue weighted by atomic mass is 9.98.